The summed E-state index contributed by atoms with van der Waals surface area (Å²) < 4.78 is 5.63. The zero-order chi connectivity index (χ0) is 14.4. The monoisotopic (exact) mass is 280 g/mol. The van der Waals surface area contributed by atoms with Gasteiger partial charge in [0.15, 0.2) is 0 Å². The van der Waals surface area contributed by atoms with Crippen LogP contribution >= 0.6 is 0 Å². The molecule has 1 saturated carbocycles. The summed E-state index contributed by atoms with van der Waals surface area (Å²) in [5.41, 5.74) is 6.36. The van der Waals surface area contributed by atoms with Gasteiger partial charge in [0.05, 0.1) is 18.9 Å². The number of hydrogen-bond donors (Lipinski definition) is 2. The van der Waals surface area contributed by atoms with Crippen LogP contribution in [0.5, 0.6) is 0 Å². The van der Waals surface area contributed by atoms with Gasteiger partial charge in [-0.05, 0) is 31.4 Å². The van der Waals surface area contributed by atoms with Crippen molar-refractivity contribution in [2.75, 3.05) is 13.2 Å². The summed E-state index contributed by atoms with van der Waals surface area (Å²) in [7, 11) is 0. The molecule has 1 aliphatic carbocycles. The minimum absolute atomic E-state index is 0.0367. The highest BCUT2D eigenvalue weighted by atomic mass is 16.3. The van der Waals surface area contributed by atoms with Crippen molar-refractivity contribution in [3.05, 3.63) is 24.2 Å². The number of aliphatic hydroxyl groups excluding tert-OH is 1. The molecule has 3 N–H and O–H groups in total. The second-order valence-electron chi connectivity index (χ2n) is 5.79. The topological polar surface area (TPSA) is 62.6 Å². The van der Waals surface area contributed by atoms with Crippen molar-refractivity contribution in [2.45, 2.75) is 63.6 Å². The van der Waals surface area contributed by atoms with Gasteiger partial charge in [0.2, 0.25) is 0 Å². The zero-order valence-corrected chi connectivity index (χ0v) is 12.5. The Hall–Kier alpha value is -0.840. The molecule has 2 atom stereocenters. The molecule has 4 nitrogen and oxygen atoms in total. The standard InChI is InChI=1S/C16H28N2O2/c1-2-14(17)16(15-9-6-12-20-15)18(10-11-19)13-7-4-3-5-8-13/h6,9,12-14,16,19H,2-5,7-8,10-11,17H2,1H3. The lowest BCUT2D eigenvalue weighted by molar-refractivity contribution is 0.0562. The number of nitrogens with two attached hydrogens (primary N) is 1. The first kappa shape index (κ1) is 15.5. The van der Waals surface area contributed by atoms with Crippen molar-refractivity contribution in [2.24, 2.45) is 5.73 Å². The smallest absolute Gasteiger partial charge is 0.122 e. The van der Waals surface area contributed by atoms with Crippen molar-refractivity contribution >= 4 is 0 Å². The van der Waals surface area contributed by atoms with E-state index in [4.69, 9.17) is 10.2 Å². The minimum atomic E-state index is 0.0367. The molecule has 20 heavy (non-hydrogen) atoms. The van der Waals surface area contributed by atoms with Gasteiger partial charge >= 0.3 is 0 Å². The first-order valence-electron chi connectivity index (χ1n) is 7.93. The van der Waals surface area contributed by atoms with Crippen molar-refractivity contribution in [3.8, 4) is 0 Å². The molecule has 4 heteroatoms. The van der Waals surface area contributed by atoms with E-state index in [1.807, 2.05) is 12.1 Å². The Morgan fingerprint density at radius 1 is 1.40 bits per heavy atom. The van der Waals surface area contributed by atoms with Gasteiger partial charge in [-0.3, -0.25) is 4.90 Å². The van der Waals surface area contributed by atoms with Gasteiger partial charge in [-0.25, -0.2) is 0 Å². The molecule has 1 aromatic rings. The molecule has 1 heterocycles. The molecule has 0 spiro atoms. The van der Waals surface area contributed by atoms with Gasteiger partial charge < -0.3 is 15.3 Å². The van der Waals surface area contributed by atoms with E-state index in [-0.39, 0.29) is 18.7 Å². The lowest BCUT2D eigenvalue weighted by atomic mass is 9.91. The van der Waals surface area contributed by atoms with Crippen LogP contribution in [0.15, 0.2) is 22.8 Å². The van der Waals surface area contributed by atoms with Crippen LogP contribution in [0.2, 0.25) is 0 Å². The van der Waals surface area contributed by atoms with Crippen molar-refractivity contribution in [1.82, 2.24) is 4.90 Å². The molecule has 2 unspecified atom stereocenters. The molecule has 0 saturated heterocycles. The Balaban J connectivity index is 2.21. The Morgan fingerprint density at radius 2 is 2.15 bits per heavy atom. The Morgan fingerprint density at radius 3 is 2.70 bits per heavy atom. The average molecular weight is 280 g/mol. The third kappa shape index (κ3) is 3.62. The molecular weight excluding hydrogens is 252 g/mol. The Bertz CT molecular complexity index is 361. The van der Waals surface area contributed by atoms with Gasteiger partial charge in [-0.1, -0.05) is 26.2 Å². The highest BCUT2D eigenvalue weighted by molar-refractivity contribution is 5.09. The van der Waals surface area contributed by atoms with Gasteiger partial charge in [-0.15, -0.1) is 0 Å². The first-order chi connectivity index (χ1) is 9.77. The van der Waals surface area contributed by atoms with E-state index >= 15 is 0 Å². The molecule has 1 fully saturated rings. The normalized spacial score (nSPS) is 20.2. The van der Waals surface area contributed by atoms with Crippen molar-refractivity contribution in [1.29, 1.82) is 0 Å². The van der Waals surface area contributed by atoms with Crippen LogP contribution in [0.25, 0.3) is 0 Å². The molecule has 1 aromatic heterocycles. The third-order valence-corrected chi connectivity index (χ3v) is 4.47. The number of hydrogen-bond acceptors (Lipinski definition) is 4. The van der Waals surface area contributed by atoms with E-state index in [1.165, 1.54) is 32.1 Å². The maximum atomic E-state index is 9.46. The molecule has 0 bridgehead atoms. The number of nitrogens with zero attached hydrogens (tertiary/aromatic N) is 1. The van der Waals surface area contributed by atoms with E-state index in [0.717, 1.165) is 12.2 Å². The maximum Gasteiger partial charge on any atom is 0.122 e. The summed E-state index contributed by atoms with van der Waals surface area (Å²) >= 11 is 0. The predicted molar refractivity (Wildman–Crippen MR) is 80.4 cm³/mol. The molecule has 1 aliphatic rings. The summed E-state index contributed by atoms with van der Waals surface area (Å²) in [6.45, 7) is 2.95. The number of rotatable bonds is 7. The van der Waals surface area contributed by atoms with E-state index in [9.17, 15) is 5.11 Å². The van der Waals surface area contributed by atoms with Crippen molar-refractivity contribution in [3.63, 3.8) is 0 Å². The minimum Gasteiger partial charge on any atom is -0.468 e. The fraction of sp³-hybridized carbons (Fsp3) is 0.750. The summed E-state index contributed by atoms with van der Waals surface area (Å²) in [6.07, 6.45) is 8.90. The van der Waals surface area contributed by atoms with Gasteiger partial charge in [-0.2, -0.15) is 0 Å². The molecule has 0 radical (unpaired) electrons. The molecule has 114 valence electrons. The number of aliphatic hydroxyl groups is 1. The summed E-state index contributed by atoms with van der Waals surface area (Å²) in [4.78, 5) is 2.38. The molecule has 0 aromatic carbocycles. The predicted octanol–water partition coefficient (Wildman–Crippen LogP) is 2.69. The van der Waals surface area contributed by atoms with Crippen molar-refractivity contribution < 1.29 is 9.52 Å². The fourth-order valence-corrected chi connectivity index (χ4v) is 3.38. The SMILES string of the molecule is CCC(N)C(c1ccco1)N(CCO)C1CCCCC1. The van der Waals surface area contributed by atoms with Crippen LogP contribution in [0.3, 0.4) is 0 Å². The summed E-state index contributed by atoms with van der Waals surface area (Å²) in [5, 5.41) is 9.46. The first-order valence-corrected chi connectivity index (χ1v) is 7.93. The molecular formula is C16H28N2O2. The second-order valence-corrected chi connectivity index (χ2v) is 5.79. The van der Waals surface area contributed by atoms with E-state index in [1.54, 1.807) is 6.26 Å². The summed E-state index contributed by atoms with van der Waals surface area (Å²) in [6, 6.07) is 4.55. The van der Waals surface area contributed by atoms with Gasteiger partial charge in [0.1, 0.15) is 5.76 Å². The van der Waals surface area contributed by atoms with E-state index in [2.05, 4.69) is 11.8 Å². The summed E-state index contributed by atoms with van der Waals surface area (Å²) in [5.74, 6) is 0.929. The Kier molecular flexibility index (Phi) is 6.07. The highest BCUT2D eigenvalue weighted by Gasteiger charge is 2.33. The maximum absolute atomic E-state index is 9.46. The van der Waals surface area contributed by atoms with E-state index < -0.39 is 0 Å². The molecule has 0 aliphatic heterocycles. The highest BCUT2D eigenvalue weighted by Crippen LogP contribution is 2.32. The average Bonchev–Trinajstić information content (AvgIpc) is 3.01. The lowest BCUT2D eigenvalue weighted by Crippen LogP contribution is -2.47. The van der Waals surface area contributed by atoms with E-state index in [0.29, 0.717) is 12.6 Å². The molecule has 2 rings (SSSR count). The van der Waals surface area contributed by atoms with Crippen LogP contribution in [0.1, 0.15) is 57.3 Å². The van der Waals surface area contributed by atoms with Gasteiger partial charge in [0.25, 0.3) is 0 Å². The zero-order valence-electron chi connectivity index (χ0n) is 12.5. The third-order valence-electron chi connectivity index (χ3n) is 4.47. The largest absolute Gasteiger partial charge is 0.468 e. The van der Waals surface area contributed by atoms with Crippen LogP contribution in [-0.4, -0.2) is 35.2 Å². The van der Waals surface area contributed by atoms with Gasteiger partial charge in [0, 0.05) is 18.6 Å². The lowest BCUT2D eigenvalue weighted by Gasteiger charge is -2.41. The van der Waals surface area contributed by atoms with Crippen LogP contribution in [-0.2, 0) is 0 Å². The van der Waals surface area contributed by atoms with Crippen LogP contribution in [0.4, 0.5) is 0 Å². The second kappa shape index (κ2) is 7.81. The molecule has 0 amide bonds. The van der Waals surface area contributed by atoms with Crippen LogP contribution in [0, 0.1) is 0 Å². The van der Waals surface area contributed by atoms with Crippen LogP contribution < -0.4 is 5.73 Å². The quantitative estimate of drug-likeness (QED) is 0.806. The fourth-order valence-electron chi connectivity index (χ4n) is 3.38. The Labute approximate surface area is 121 Å². The number of furan rings is 1.